The van der Waals surface area contributed by atoms with Gasteiger partial charge in [-0.2, -0.15) is 0 Å². The maximum atomic E-state index is 10.6. The Balaban J connectivity index is 4.00. The van der Waals surface area contributed by atoms with Gasteiger partial charge in [0.25, 0.3) is 0 Å². The molecule has 0 rings (SSSR count). The maximum absolute atomic E-state index is 10.6. The molecule has 0 amide bonds. The quantitative estimate of drug-likeness (QED) is 0.548. The second kappa shape index (κ2) is 4.45. The lowest BCUT2D eigenvalue weighted by atomic mass is 9.85. The lowest BCUT2D eigenvalue weighted by molar-refractivity contribution is -0.119. The first-order valence-electron chi connectivity index (χ1n) is 3.70. The third-order valence-electron chi connectivity index (χ3n) is 2.09. The monoisotopic (exact) mass is 144 g/mol. The van der Waals surface area contributed by atoms with E-state index in [9.17, 15) is 4.79 Å². The van der Waals surface area contributed by atoms with E-state index in [1.54, 1.807) is 7.11 Å². The molecule has 0 spiro atoms. The molecule has 0 unspecified atom stereocenters. The number of carbonyl (C=O) groups excluding carboxylic acids is 1. The molecule has 2 nitrogen and oxygen atoms in total. The molecular formula is C8H16O2. The van der Waals surface area contributed by atoms with Crippen molar-refractivity contribution < 1.29 is 9.53 Å². The van der Waals surface area contributed by atoms with E-state index in [4.69, 9.17) is 4.74 Å². The van der Waals surface area contributed by atoms with Gasteiger partial charge in [-0.25, -0.2) is 0 Å². The van der Waals surface area contributed by atoms with Crippen molar-refractivity contribution in [1.82, 2.24) is 0 Å². The summed E-state index contributed by atoms with van der Waals surface area (Å²) in [5, 5.41) is 0. The molecule has 0 heterocycles. The second-order valence-corrected chi connectivity index (χ2v) is 2.62. The lowest BCUT2D eigenvalue weighted by Crippen LogP contribution is -2.26. The van der Waals surface area contributed by atoms with E-state index in [1.807, 2.05) is 13.8 Å². The summed E-state index contributed by atoms with van der Waals surface area (Å²) in [6.07, 6.45) is 2.73. The zero-order chi connectivity index (χ0) is 8.04. The van der Waals surface area contributed by atoms with Crippen LogP contribution in [0.25, 0.3) is 0 Å². The largest absolute Gasteiger partial charge is 0.384 e. The van der Waals surface area contributed by atoms with Crippen LogP contribution >= 0.6 is 0 Å². The van der Waals surface area contributed by atoms with Gasteiger partial charge in [0.1, 0.15) is 6.29 Å². The van der Waals surface area contributed by atoms with Crippen LogP contribution in [-0.4, -0.2) is 20.0 Å². The number of rotatable bonds is 5. The number of hydrogen-bond donors (Lipinski definition) is 0. The fraction of sp³-hybridized carbons (Fsp3) is 0.875. The summed E-state index contributed by atoms with van der Waals surface area (Å²) in [6.45, 7) is 4.57. The molecule has 10 heavy (non-hydrogen) atoms. The molecule has 0 aromatic carbocycles. The van der Waals surface area contributed by atoms with Crippen LogP contribution in [-0.2, 0) is 9.53 Å². The predicted molar refractivity (Wildman–Crippen MR) is 41.0 cm³/mol. The van der Waals surface area contributed by atoms with Gasteiger partial charge in [0.2, 0.25) is 0 Å². The molecule has 0 saturated heterocycles. The van der Waals surface area contributed by atoms with Crippen molar-refractivity contribution in [3.05, 3.63) is 0 Å². The van der Waals surface area contributed by atoms with E-state index in [1.165, 1.54) is 0 Å². The van der Waals surface area contributed by atoms with Gasteiger partial charge in [0.15, 0.2) is 0 Å². The molecule has 0 aliphatic rings. The minimum atomic E-state index is -0.227. The third-order valence-corrected chi connectivity index (χ3v) is 2.09. The Morgan fingerprint density at radius 2 is 1.90 bits per heavy atom. The van der Waals surface area contributed by atoms with E-state index in [0.29, 0.717) is 6.61 Å². The summed E-state index contributed by atoms with van der Waals surface area (Å²) in [7, 11) is 1.63. The Bertz CT molecular complexity index is 95.4. The van der Waals surface area contributed by atoms with Crippen molar-refractivity contribution >= 4 is 6.29 Å². The van der Waals surface area contributed by atoms with Crippen LogP contribution < -0.4 is 0 Å². The highest BCUT2D eigenvalue weighted by Crippen LogP contribution is 2.22. The van der Waals surface area contributed by atoms with E-state index in [-0.39, 0.29) is 5.41 Å². The van der Waals surface area contributed by atoms with Gasteiger partial charge in [-0.3, -0.25) is 0 Å². The van der Waals surface area contributed by atoms with Crippen molar-refractivity contribution in [2.24, 2.45) is 5.41 Å². The third kappa shape index (κ3) is 2.10. The molecule has 2 heteroatoms. The first-order valence-corrected chi connectivity index (χ1v) is 3.70. The van der Waals surface area contributed by atoms with Crippen LogP contribution in [0, 0.1) is 5.41 Å². The fourth-order valence-corrected chi connectivity index (χ4v) is 0.942. The molecule has 0 radical (unpaired) electrons. The average Bonchev–Trinajstić information content (AvgIpc) is 2.01. The van der Waals surface area contributed by atoms with Crippen molar-refractivity contribution in [3.8, 4) is 0 Å². The molecular weight excluding hydrogens is 128 g/mol. The average molecular weight is 144 g/mol. The topological polar surface area (TPSA) is 26.3 Å². The zero-order valence-corrected chi connectivity index (χ0v) is 7.02. The van der Waals surface area contributed by atoms with Gasteiger partial charge in [-0.05, 0) is 12.8 Å². The molecule has 60 valence electrons. The molecule has 0 aliphatic carbocycles. The van der Waals surface area contributed by atoms with Crippen LogP contribution in [0.4, 0.5) is 0 Å². The molecule has 0 N–H and O–H groups in total. The van der Waals surface area contributed by atoms with Gasteiger partial charge in [0, 0.05) is 12.5 Å². The highest BCUT2D eigenvalue weighted by atomic mass is 16.5. The summed E-state index contributed by atoms with van der Waals surface area (Å²) in [5.74, 6) is 0. The Kier molecular flexibility index (Phi) is 4.28. The second-order valence-electron chi connectivity index (χ2n) is 2.62. The van der Waals surface area contributed by atoms with Crippen LogP contribution in [0.5, 0.6) is 0 Å². The van der Waals surface area contributed by atoms with Gasteiger partial charge < -0.3 is 9.53 Å². The Hall–Kier alpha value is -0.370. The standard InChI is InChI=1S/C8H16O2/c1-4-8(5-2,6-9)7-10-3/h6H,4-5,7H2,1-3H3. The first-order chi connectivity index (χ1) is 4.74. The molecule has 0 atom stereocenters. The predicted octanol–water partition coefficient (Wildman–Crippen LogP) is 1.64. The van der Waals surface area contributed by atoms with Gasteiger partial charge in [-0.1, -0.05) is 13.8 Å². The fourth-order valence-electron chi connectivity index (χ4n) is 0.942. The summed E-state index contributed by atoms with van der Waals surface area (Å²) < 4.78 is 4.95. The summed E-state index contributed by atoms with van der Waals surface area (Å²) in [5.41, 5.74) is -0.227. The van der Waals surface area contributed by atoms with Gasteiger partial charge >= 0.3 is 0 Å². The zero-order valence-electron chi connectivity index (χ0n) is 7.02. The van der Waals surface area contributed by atoms with Crippen LogP contribution in [0.3, 0.4) is 0 Å². The Morgan fingerprint density at radius 1 is 1.40 bits per heavy atom. The Morgan fingerprint density at radius 3 is 2.00 bits per heavy atom. The number of ether oxygens (including phenoxy) is 1. The van der Waals surface area contributed by atoms with Crippen LogP contribution in [0.15, 0.2) is 0 Å². The van der Waals surface area contributed by atoms with Crippen LogP contribution in [0.1, 0.15) is 26.7 Å². The summed E-state index contributed by atoms with van der Waals surface area (Å²) >= 11 is 0. The van der Waals surface area contributed by atoms with Crippen molar-refractivity contribution in [1.29, 1.82) is 0 Å². The van der Waals surface area contributed by atoms with Crippen LogP contribution in [0.2, 0.25) is 0 Å². The summed E-state index contributed by atoms with van der Waals surface area (Å²) in [4.78, 5) is 10.6. The molecule has 0 aromatic rings. The smallest absolute Gasteiger partial charge is 0.128 e. The molecule has 0 aromatic heterocycles. The normalized spacial score (nSPS) is 11.5. The SMILES string of the molecule is CCC(C=O)(CC)COC. The Labute approximate surface area is 62.6 Å². The van der Waals surface area contributed by atoms with Crippen molar-refractivity contribution in [2.45, 2.75) is 26.7 Å². The minimum absolute atomic E-state index is 0.227. The molecule has 0 aliphatic heterocycles. The number of methoxy groups -OCH3 is 1. The highest BCUT2D eigenvalue weighted by Gasteiger charge is 2.24. The molecule has 0 bridgehead atoms. The number of hydrogen-bond acceptors (Lipinski definition) is 2. The number of carbonyl (C=O) groups is 1. The highest BCUT2D eigenvalue weighted by molar-refractivity contribution is 5.59. The van der Waals surface area contributed by atoms with Gasteiger partial charge in [-0.15, -0.1) is 0 Å². The molecule has 0 saturated carbocycles. The van der Waals surface area contributed by atoms with Gasteiger partial charge in [0.05, 0.1) is 6.61 Å². The van der Waals surface area contributed by atoms with E-state index in [0.717, 1.165) is 19.1 Å². The van der Waals surface area contributed by atoms with E-state index < -0.39 is 0 Å². The van der Waals surface area contributed by atoms with Crippen molar-refractivity contribution in [3.63, 3.8) is 0 Å². The summed E-state index contributed by atoms with van der Waals surface area (Å²) in [6, 6.07) is 0. The maximum Gasteiger partial charge on any atom is 0.128 e. The minimum Gasteiger partial charge on any atom is -0.384 e. The first kappa shape index (κ1) is 9.63. The molecule has 0 fully saturated rings. The lowest BCUT2D eigenvalue weighted by Gasteiger charge is -2.23. The van der Waals surface area contributed by atoms with E-state index in [2.05, 4.69) is 0 Å². The van der Waals surface area contributed by atoms with Crippen molar-refractivity contribution in [2.75, 3.05) is 13.7 Å². The number of aldehydes is 1. The van der Waals surface area contributed by atoms with E-state index >= 15 is 0 Å².